The molecule has 0 atom stereocenters. The van der Waals surface area contributed by atoms with E-state index in [2.05, 4.69) is 26.0 Å². The van der Waals surface area contributed by atoms with Crippen molar-refractivity contribution in [2.45, 2.75) is 6.54 Å². The minimum atomic E-state index is -0.723. The van der Waals surface area contributed by atoms with Gasteiger partial charge in [-0.05, 0) is 17.7 Å². The number of benzene rings is 1. The third-order valence-electron chi connectivity index (χ3n) is 1.40. The molecule has 0 saturated carbocycles. The van der Waals surface area contributed by atoms with Gasteiger partial charge in [-0.3, -0.25) is 0 Å². The fraction of sp³-hybridized carbons (Fsp3) is 0.143. The Labute approximate surface area is 81.1 Å². The lowest BCUT2D eigenvalue weighted by atomic mass is 10.2. The lowest BCUT2D eigenvalue weighted by molar-refractivity contribution is 0.555. The molecule has 0 aliphatic heterocycles. The van der Waals surface area contributed by atoms with Crippen molar-refractivity contribution in [2.24, 2.45) is 5.11 Å². The van der Waals surface area contributed by atoms with E-state index in [1.807, 2.05) is 0 Å². The van der Waals surface area contributed by atoms with Gasteiger partial charge >= 0.3 is 0 Å². The van der Waals surface area contributed by atoms with Gasteiger partial charge in [-0.1, -0.05) is 21.0 Å². The van der Waals surface area contributed by atoms with Crippen molar-refractivity contribution in [3.63, 3.8) is 0 Å². The minimum absolute atomic E-state index is 0.221. The van der Waals surface area contributed by atoms with E-state index in [1.54, 1.807) is 0 Å². The molecule has 0 unspecified atom stereocenters. The maximum Gasteiger partial charge on any atom is 0.130 e. The largest absolute Gasteiger partial charge is 0.207 e. The minimum Gasteiger partial charge on any atom is -0.207 e. The summed E-state index contributed by atoms with van der Waals surface area (Å²) in [6.45, 7) is -0.318. The molecule has 0 aromatic heterocycles. The third kappa shape index (κ3) is 2.40. The Balaban J connectivity index is 3.12. The predicted molar refractivity (Wildman–Crippen MR) is 46.9 cm³/mol. The topological polar surface area (TPSA) is 48.8 Å². The van der Waals surface area contributed by atoms with Gasteiger partial charge in [-0.25, -0.2) is 8.78 Å². The van der Waals surface area contributed by atoms with Gasteiger partial charge in [0.2, 0.25) is 0 Å². The van der Waals surface area contributed by atoms with Gasteiger partial charge in [0.1, 0.15) is 11.6 Å². The van der Waals surface area contributed by atoms with Crippen LogP contribution in [0.2, 0.25) is 0 Å². The number of azide groups is 1. The molecule has 0 radical (unpaired) electrons. The summed E-state index contributed by atoms with van der Waals surface area (Å²) in [7, 11) is 0. The van der Waals surface area contributed by atoms with Gasteiger partial charge in [0, 0.05) is 14.9 Å². The Morgan fingerprint density at radius 1 is 1.38 bits per heavy atom. The summed E-state index contributed by atoms with van der Waals surface area (Å²) >= 11 is 2.93. The van der Waals surface area contributed by atoms with Crippen LogP contribution in [0.15, 0.2) is 21.7 Å². The lowest BCUT2D eigenvalue weighted by Gasteiger charge is -2.01. The maximum atomic E-state index is 13.0. The van der Waals surface area contributed by atoms with Crippen molar-refractivity contribution in [1.82, 2.24) is 0 Å². The molecule has 6 heteroatoms. The fourth-order valence-electron chi connectivity index (χ4n) is 0.825. The van der Waals surface area contributed by atoms with E-state index in [0.29, 0.717) is 4.47 Å². The first-order valence-electron chi connectivity index (χ1n) is 3.29. The summed E-state index contributed by atoms with van der Waals surface area (Å²) in [5.41, 5.74) is 7.75. The van der Waals surface area contributed by atoms with Crippen LogP contribution in [-0.2, 0) is 6.54 Å². The van der Waals surface area contributed by atoms with E-state index >= 15 is 0 Å². The highest BCUT2D eigenvalue weighted by Crippen LogP contribution is 2.19. The van der Waals surface area contributed by atoms with E-state index < -0.39 is 11.6 Å². The predicted octanol–water partition coefficient (Wildman–Crippen LogP) is 3.54. The number of hydrogen-bond donors (Lipinski definition) is 0. The summed E-state index contributed by atoms with van der Waals surface area (Å²) in [6, 6.07) is 2.23. The molecule has 3 nitrogen and oxygen atoms in total. The highest BCUT2D eigenvalue weighted by molar-refractivity contribution is 9.10. The Morgan fingerprint density at radius 3 is 2.38 bits per heavy atom. The van der Waals surface area contributed by atoms with Crippen molar-refractivity contribution in [3.05, 3.63) is 44.2 Å². The zero-order valence-electron chi connectivity index (χ0n) is 6.34. The van der Waals surface area contributed by atoms with Crippen molar-refractivity contribution >= 4 is 15.9 Å². The number of nitrogens with zero attached hydrogens (tertiary/aromatic N) is 3. The van der Waals surface area contributed by atoms with Gasteiger partial charge in [-0.2, -0.15) is 0 Å². The molecule has 68 valence electrons. The number of halogens is 3. The first-order valence-corrected chi connectivity index (χ1v) is 4.08. The zero-order valence-corrected chi connectivity index (χ0v) is 7.92. The molecule has 13 heavy (non-hydrogen) atoms. The second kappa shape index (κ2) is 4.20. The SMILES string of the molecule is [N-]=[N+]=NCc1c(F)cc(Br)cc1F. The quantitative estimate of drug-likeness (QED) is 0.436. The zero-order chi connectivity index (χ0) is 9.84. The second-order valence-electron chi connectivity index (χ2n) is 2.24. The van der Waals surface area contributed by atoms with Crippen molar-refractivity contribution in [3.8, 4) is 0 Å². The van der Waals surface area contributed by atoms with Gasteiger partial charge in [0.15, 0.2) is 0 Å². The van der Waals surface area contributed by atoms with Crippen LogP contribution in [0.3, 0.4) is 0 Å². The van der Waals surface area contributed by atoms with Crippen LogP contribution in [0.25, 0.3) is 10.4 Å². The van der Waals surface area contributed by atoms with Gasteiger partial charge in [-0.15, -0.1) is 0 Å². The Kier molecular flexibility index (Phi) is 3.22. The summed E-state index contributed by atoms with van der Waals surface area (Å²) in [5.74, 6) is -1.45. The number of hydrogen-bond acceptors (Lipinski definition) is 1. The average Bonchev–Trinajstić information content (AvgIpc) is 2.02. The number of rotatable bonds is 2. The van der Waals surface area contributed by atoms with Crippen LogP contribution in [0.4, 0.5) is 8.78 Å². The molecule has 0 saturated heterocycles. The van der Waals surface area contributed by atoms with Crippen molar-refractivity contribution in [2.75, 3.05) is 0 Å². The molecule has 0 fully saturated rings. The first kappa shape index (κ1) is 9.95. The smallest absolute Gasteiger partial charge is 0.130 e. The lowest BCUT2D eigenvalue weighted by Crippen LogP contribution is -1.93. The molecule has 1 aromatic rings. The van der Waals surface area contributed by atoms with Crippen molar-refractivity contribution < 1.29 is 8.78 Å². The van der Waals surface area contributed by atoms with Gasteiger partial charge in [0.05, 0.1) is 6.54 Å². The van der Waals surface area contributed by atoms with Crippen LogP contribution in [0.5, 0.6) is 0 Å². The molecular weight excluding hydrogens is 244 g/mol. The fourth-order valence-corrected chi connectivity index (χ4v) is 1.23. The molecule has 0 spiro atoms. The van der Waals surface area contributed by atoms with Crippen LogP contribution in [0.1, 0.15) is 5.56 Å². The molecule has 0 aliphatic rings. The van der Waals surface area contributed by atoms with E-state index in [-0.39, 0.29) is 12.1 Å². The summed E-state index contributed by atoms with van der Waals surface area (Å²) in [6.07, 6.45) is 0. The molecule has 1 aromatic carbocycles. The Hall–Kier alpha value is -1.13. The monoisotopic (exact) mass is 247 g/mol. The molecule has 0 N–H and O–H groups in total. The summed E-state index contributed by atoms with van der Waals surface area (Å²) in [5, 5.41) is 3.08. The van der Waals surface area contributed by atoms with Crippen LogP contribution in [0, 0.1) is 11.6 Å². The second-order valence-corrected chi connectivity index (χ2v) is 3.15. The average molecular weight is 248 g/mol. The third-order valence-corrected chi connectivity index (χ3v) is 1.86. The molecular formula is C7H4BrF2N3. The van der Waals surface area contributed by atoms with E-state index in [4.69, 9.17) is 5.53 Å². The summed E-state index contributed by atoms with van der Waals surface area (Å²) < 4.78 is 26.3. The van der Waals surface area contributed by atoms with Crippen LogP contribution in [-0.4, -0.2) is 0 Å². The van der Waals surface area contributed by atoms with E-state index in [1.165, 1.54) is 0 Å². The van der Waals surface area contributed by atoms with Gasteiger partial charge in [0.25, 0.3) is 0 Å². The molecule has 0 aliphatic carbocycles. The normalized spacial score (nSPS) is 9.46. The Bertz CT molecular complexity index is 351. The molecule has 0 heterocycles. The van der Waals surface area contributed by atoms with E-state index in [9.17, 15) is 8.78 Å². The molecule has 0 bridgehead atoms. The van der Waals surface area contributed by atoms with Crippen LogP contribution < -0.4 is 0 Å². The standard InChI is InChI=1S/C7H4BrF2N3/c8-4-1-6(9)5(3-12-13-11)7(10)2-4/h1-2H,3H2. The van der Waals surface area contributed by atoms with E-state index in [0.717, 1.165) is 12.1 Å². The summed E-state index contributed by atoms with van der Waals surface area (Å²) in [4.78, 5) is 2.42. The van der Waals surface area contributed by atoms with Gasteiger partial charge < -0.3 is 0 Å². The highest BCUT2D eigenvalue weighted by atomic mass is 79.9. The highest BCUT2D eigenvalue weighted by Gasteiger charge is 2.08. The molecule has 1 rings (SSSR count). The first-order chi connectivity index (χ1) is 6.15. The molecule has 0 amide bonds. The van der Waals surface area contributed by atoms with Crippen LogP contribution >= 0.6 is 15.9 Å². The Morgan fingerprint density at radius 2 is 1.92 bits per heavy atom. The maximum absolute atomic E-state index is 13.0. The van der Waals surface area contributed by atoms with Crippen molar-refractivity contribution in [1.29, 1.82) is 0 Å².